The van der Waals surface area contributed by atoms with Crippen molar-refractivity contribution >= 4 is 23.7 Å². The van der Waals surface area contributed by atoms with Crippen molar-refractivity contribution in [1.29, 1.82) is 0 Å². The second kappa shape index (κ2) is 8.96. The normalized spacial score (nSPS) is 16.5. The van der Waals surface area contributed by atoms with E-state index < -0.39 is 41.7 Å². The summed E-state index contributed by atoms with van der Waals surface area (Å²) in [5.41, 5.74) is -0.00896. The molecule has 0 spiro atoms. The van der Waals surface area contributed by atoms with E-state index in [4.69, 9.17) is 0 Å². The van der Waals surface area contributed by atoms with Crippen molar-refractivity contribution in [2.45, 2.75) is 32.4 Å². The molecule has 2 rings (SSSR count). The van der Waals surface area contributed by atoms with Gasteiger partial charge in [-0.2, -0.15) is 0 Å². The molecule has 1 unspecified atom stereocenters. The Labute approximate surface area is 160 Å². The minimum absolute atomic E-state index is 0.00896. The third-order valence-electron chi connectivity index (χ3n) is 4.42. The van der Waals surface area contributed by atoms with Crippen molar-refractivity contribution in [3.63, 3.8) is 0 Å². The average molecular weight is 399 g/mol. The fraction of sp³-hybridized carbons (Fsp3) is 0.500. The van der Waals surface area contributed by atoms with Crippen molar-refractivity contribution in [3.05, 3.63) is 29.8 Å². The van der Waals surface area contributed by atoms with Crippen LogP contribution >= 0.6 is 0 Å². The lowest BCUT2D eigenvalue weighted by Crippen LogP contribution is -2.52. The zero-order valence-electron chi connectivity index (χ0n) is 15.6. The Morgan fingerprint density at radius 1 is 1.11 bits per heavy atom. The fourth-order valence-electron chi connectivity index (χ4n) is 3.11. The van der Waals surface area contributed by atoms with Gasteiger partial charge in [0.1, 0.15) is 23.7 Å². The highest BCUT2D eigenvalue weighted by Gasteiger charge is 2.38. The third-order valence-corrected chi connectivity index (χ3v) is 4.42. The highest BCUT2D eigenvalue weighted by atomic mass is 19.1. The number of nitrogens with zero attached hydrogens (tertiary/aromatic N) is 2. The summed E-state index contributed by atoms with van der Waals surface area (Å²) in [6, 6.07) is -0.330. The van der Waals surface area contributed by atoms with Crippen LogP contribution in [0.5, 0.6) is 0 Å². The minimum Gasteiger partial charge on any atom is -0.480 e. The smallest absolute Gasteiger partial charge is 0.327 e. The molecule has 8 nitrogen and oxygen atoms in total. The number of carboxylic acids is 2. The SMILES string of the molecule is CC(C)C[C@H](NCC(C(=O)O)N1CCN(c2cc(F)cc(F)c2)C1=O)C(=O)O. The van der Waals surface area contributed by atoms with Crippen LogP contribution in [0.1, 0.15) is 20.3 Å². The average Bonchev–Trinajstić information content (AvgIpc) is 2.94. The minimum atomic E-state index is -1.31. The van der Waals surface area contributed by atoms with Gasteiger partial charge in [-0.25, -0.2) is 18.4 Å². The number of anilines is 1. The second-order valence-electron chi connectivity index (χ2n) is 7.04. The number of carbonyl (C=O) groups excluding carboxylic acids is 1. The lowest BCUT2D eigenvalue weighted by Gasteiger charge is -2.26. The van der Waals surface area contributed by atoms with Crippen molar-refractivity contribution in [2.75, 3.05) is 24.5 Å². The number of hydrogen-bond donors (Lipinski definition) is 3. The molecule has 0 aromatic heterocycles. The zero-order chi connectivity index (χ0) is 21.0. The molecular weight excluding hydrogens is 376 g/mol. The van der Waals surface area contributed by atoms with Gasteiger partial charge in [-0.05, 0) is 24.5 Å². The number of urea groups is 1. The zero-order valence-corrected chi connectivity index (χ0v) is 15.6. The summed E-state index contributed by atoms with van der Waals surface area (Å²) in [4.78, 5) is 37.8. The highest BCUT2D eigenvalue weighted by molar-refractivity contribution is 5.96. The number of halogens is 2. The van der Waals surface area contributed by atoms with Crippen LogP contribution in [0, 0.1) is 17.6 Å². The van der Waals surface area contributed by atoms with Crippen LogP contribution in [0.25, 0.3) is 0 Å². The standard InChI is InChI=1S/C18H23F2N3O5/c1-10(2)5-14(16(24)25)21-9-15(17(26)27)23-4-3-22(18(23)28)13-7-11(19)6-12(20)8-13/h6-8,10,14-15,21H,3-5,9H2,1-2H3,(H,24,25)(H,26,27)/t14-,15?/m0/s1. The van der Waals surface area contributed by atoms with E-state index in [2.05, 4.69) is 5.32 Å². The molecule has 28 heavy (non-hydrogen) atoms. The van der Waals surface area contributed by atoms with Gasteiger partial charge in [0.15, 0.2) is 0 Å². The summed E-state index contributed by atoms with van der Waals surface area (Å²) in [6.07, 6.45) is 0.296. The van der Waals surface area contributed by atoms with Crippen LogP contribution in [0.3, 0.4) is 0 Å². The fourth-order valence-corrected chi connectivity index (χ4v) is 3.11. The first kappa shape index (κ1) is 21.5. The number of benzene rings is 1. The number of hydrogen-bond acceptors (Lipinski definition) is 4. The highest BCUT2D eigenvalue weighted by Crippen LogP contribution is 2.24. The summed E-state index contributed by atoms with van der Waals surface area (Å²) >= 11 is 0. The molecule has 2 amide bonds. The lowest BCUT2D eigenvalue weighted by molar-refractivity contribution is -0.143. The van der Waals surface area contributed by atoms with Gasteiger partial charge in [0.25, 0.3) is 0 Å². The van der Waals surface area contributed by atoms with E-state index in [-0.39, 0.29) is 31.2 Å². The molecule has 1 aromatic carbocycles. The molecule has 1 aliphatic heterocycles. The number of rotatable bonds is 9. The molecule has 0 radical (unpaired) electrons. The molecular formula is C18H23F2N3O5. The summed E-state index contributed by atoms with van der Waals surface area (Å²) in [7, 11) is 0. The molecule has 1 aliphatic rings. The molecule has 1 fully saturated rings. The Hall–Kier alpha value is -2.75. The molecule has 10 heteroatoms. The van der Waals surface area contributed by atoms with E-state index in [0.717, 1.165) is 21.9 Å². The van der Waals surface area contributed by atoms with Crippen molar-refractivity contribution in [2.24, 2.45) is 5.92 Å². The van der Waals surface area contributed by atoms with Gasteiger partial charge in [0.05, 0.1) is 5.69 Å². The summed E-state index contributed by atoms with van der Waals surface area (Å²) in [5, 5.41) is 21.5. The Bertz CT molecular complexity index is 738. The third kappa shape index (κ3) is 5.16. The molecule has 1 aromatic rings. The van der Waals surface area contributed by atoms with E-state index in [1.165, 1.54) is 0 Å². The van der Waals surface area contributed by atoms with Crippen molar-refractivity contribution in [3.8, 4) is 0 Å². The van der Waals surface area contributed by atoms with Crippen LogP contribution < -0.4 is 10.2 Å². The number of aliphatic carboxylic acids is 2. The maximum absolute atomic E-state index is 13.4. The first-order valence-corrected chi connectivity index (χ1v) is 8.83. The molecule has 1 heterocycles. The largest absolute Gasteiger partial charge is 0.480 e. The molecule has 154 valence electrons. The van der Waals surface area contributed by atoms with Gasteiger partial charge in [-0.3, -0.25) is 9.69 Å². The van der Waals surface area contributed by atoms with E-state index in [9.17, 15) is 33.4 Å². The van der Waals surface area contributed by atoms with Crippen LogP contribution in [-0.4, -0.2) is 64.8 Å². The molecule has 2 atom stereocenters. The maximum atomic E-state index is 13.4. The van der Waals surface area contributed by atoms with Crippen molar-refractivity contribution in [1.82, 2.24) is 10.2 Å². The molecule has 0 saturated carbocycles. The van der Waals surface area contributed by atoms with E-state index in [1.54, 1.807) is 0 Å². The number of carbonyl (C=O) groups is 3. The molecule has 3 N–H and O–H groups in total. The van der Waals surface area contributed by atoms with Gasteiger partial charge < -0.3 is 20.4 Å². The summed E-state index contributed by atoms with van der Waals surface area (Å²) < 4.78 is 26.9. The lowest BCUT2D eigenvalue weighted by atomic mass is 10.0. The second-order valence-corrected chi connectivity index (χ2v) is 7.04. The van der Waals surface area contributed by atoms with Gasteiger partial charge in [-0.15, -0.1) is 0 Å². The van der Waals surface area contributed by atoms with E-state index in [0.29, 0.717) is 12.5 Å². The van der Waals surface area contributed by atoms with Crippen LogP contribution in [0.2, 0.25) is 0 Å². The maximum Gasteiger partial charge on any atom is 0.327 e. The number of nitrogens with one attached hydrogen (secondary N) is 1. The predicted octanol–water partition coefficient (Wildman–Crippen LogP) is 1.75. The number of carboxylic acid groups (broad SMARTS) is 2. The Morgan fingerprint density at radius 3 is 2.21 bits per heavy atom. The van der Waals surface area contributed by atoms with E-state index >= 15 is 0 Å². The van der Waals surface area contributed by atoms with E-state index in [1.807, 2.05) is 13.8 Å². The Kier molecular flexibility index (Phi) is 6.90. The molecule has 1 saturated heterocycles. The summed E-state index contributed by atoms with van der Waals surface area (Å²) in [6.45, 7) is 3.49. The van der Waals surface area contributed by atoms with Gasteiger partial charge >= 0.3 is 18.0 Å². The topological polar surface area (TPSA) is 110 Å². The first-order valence-electron chi connectivity index (χ1n) is 8.83. The van der Waals surface area contributed by atoms with Gasteiger partial charge in [0.2, 0.25) is 0 Å². The quantitative estimate of drug-likeness (QED) is 0.584. The first-order chi connectivity index (χ1) is 13.1. The van der Waals surface area contributed by atoms with Crippen LogP contribution in [0.15, 0.2) is 18.2 Å². The van der Waals surface area contributed by atoms with Crippen molar-refractivity contribution < 1.29 is 33.4 Å². The Balaban J connectivity index is 2.13. The molecule has 0 aliphatic carbocycles. The summed E-state index contributed by atoms with van der Waals surface area (Å²) in [5.74, 6) is -4.04. The van der Waals surface area contributed by atoms with Crippen LogP contribution in [-0.2, 0) is 9.59 Å². The van der Waals surface area contributed by atoms with Gasteiger partial charge in [0, 0.05) is 25.7 Å². The van der Waals surface area contributed by atoms with Gasteiger partial charge in [-0.1, -0.05) is 13.8 Å². The monoisotopic (exact) mass is 399 g/mol. The van der Waals surface area contributed by atoms with Crippen LogP contribution in [0.4, 0.5) is 19.3 Å². The molecule has 0 bridgehead atoms. The predicted molar refractivity (Wildman–Crippen MR) is 96.1 cm³/mol. The Morgan fingerprint density at radius 2 is 1.71 bits per heavy atom. The number of amides is 2.